The van der Waals surface area contributed by atoms with Crippen LogP contribution in [0, 0.1) is 13.8 Å². The third-order valence-electron chi connectivity index (χ3n) is 4.69. The molecule has 0 aliphatic carbocycles. The van der Waals surface area contributed by atoms with E-state index in [9.17, 15) is 4.79 Å². The monoisotopic (exact) mass is 314 g/mol. The van der Waals surface area contributed by atoms with Crippen LogP contribution in [0.2, 0.25) is 0 Å². The van der Waals surface area contributed by atoms with E-state index in [1.165, 1.54) is 11.1 Å². The Morgan fingerprint density at radius 2 is 1.21 bits per heavy atom. The Labute approximate surface area is 141 Å². The predicted molar refractivity (Wildman–Crippen MR) is 94.1 cm³/mol. The molecule has 4 rings (SSSR count). The first-order valence-electron chi connectivity index (χ1n) is 8.08. The second-order valence-corrected chi connectivity index (χ2v) is 6.35. The van der Waals surface area contributed by atoms with Crippen molar-refractivity contribution in [3.05, 3.63) is 106 Å². The van der Waals surface area contributed by atoms with Crippen molar-refractivity contribution >= 4 is 5.97 Å². The summed E-state index contributed by atoms with van der Waals surface area (Å²) in [6.45, 7) is 4.11. The molecule has 0 saturated carbocycles. The molecular weight excluding hydrogens is 296 g/mol. The maximum atomic E-state index is 12.5. The highest BCUT2D eigenvalue weighted by Gasteiger charge is 2.48. The molecule has 0 unspecified atom stereocenters. The van der Waals surface area contributed by atoms with Crippen molar-refractivity contribution in [1.29, 1.82) is 0 Å². The molecule has 1 aliphatic heterocycles. The third kappa shape index (κ3) is 2.07. The van der Waals surface area contributed by atoms with Gasteiger partial charge in [0.25, 0.3) is 0 Å². The smallest absolute Gasteiger partial charge is 0.340 e. The van der Waals surface area contributed by atoms with Crippen LogP contribution in [-0.4, -0.2) is 5.97 Å². The van der Waals surface area contributed by atoms with Crippen molar-refractivity contribution < 1.29 is 9.53 Å². The Morgan fingerprint density at radius 3 is 1.75 bits per heavy atom. The van der Waals surface area contributed by atoms with Gasteiger partial charge in [0.2, 0.25) is 0 Å². The molecule has 24 heavy (non-hydrogen) atoms. The third-order valence-corrected chi connectivity index (χ3v) is 4.69. The number of cyclic esters (lactones) is 1. The molecule has 1 heterocycles. The first-order chi connectivity index (χ1) is 11.6. The minimum Gasteiger partial charge on any atom is -0.441 e. The van der Waals surface area contributed by atoms with E-state index in [1.807, 2.05) is 48.5 Å². The molecule has 0 saturated heterocycles. The Balaban J connectivity index is 2.03. The Kier molecular flexibility index (Phi) is 3.27. The lowest BCUT2D eigenvalue weighted by Gasteiger charge is -2.30. The fraction of sp³-hybridized carbons (Fsp3) is 0.136. The summed E-state index contributed by atoms with van der Waals surface area (Å²) in [5, 5.41) is 0. The Bertz CT molecular complexity index is 860. The summed E-state index contributed by atoms with van der Waals surface area (Å²) < 4.78 is 6.03. The molecule has 3 aromatic carbocycles. The standard InChI is InChI=1S/C22H18O2/c1-15-7-11-17(12-8-15)22(18-13-9-16(2)10-14-18)20-6-4-3-5-19(20)21(23)24-22/h3-14H,1-2H3. The van der Waals surface area contributed by atoms with Crippen LogP contribution in [0.25, 0.3) is 0 Å². The van der Waals surface area contributed by atoms with Gasteiger partial charge in [-0.05, 0) is 19.9 Å². The van der Waals surface area contributed by atoms with Gasteiger partial charge in [-0.25, -0.2) is 4.79 Å². The van der Waals surface area contributed by atoms with Crippen molar-refractivity contribution in [3.8, 4) is 0 Å². The summed E-state index contributed by atoms with van der Waals surface area (Å²) in [5.41, 5.74) is 4.95. The summed E-state index contributed by atoms with van der Waals surface area (Å²) in [7, 11) is 0. The molecule has 2 heteroatoms. The van der Waals surface area contributed by atoms with Gasteiger partial charge in [0, 0.05) is 16.7 Å². The number of rotatable bonds is 2. The zero-order chi connectivity index (χ0) is 16.7. The molecule has 1 aliphatic rings. The van der Waals surface area contributed by atoms with E-state index in [0.29, 0.717) is 5.56 Å². The average molecular weight is 314 g/mol. The van der Waals surface area contributed by atoms with E-state index >= 15 is 0 Å². The first-order valence-corrected chi connectivity index (χ1v) is 8.08. The summed E-state index contributed by atoms with van der Waals surface area (Å²) in [6.07, 6.45) is 0. The maximum absolute atomic E-state index is 12.5. The van der Waals surface area contributed by atoms with Gasteiger partial charge in [-0.1, -0.05) is 77.9 Å². The van der Waals surface area contributed by atoms with Gasteiger partial charge in [0.05, 0.1) is 5.56 Å². The normalized spacial score (nSPS) is 15.0. The zero-order valence-corrected chi connectivity index (χ0v) is 13.7. The molecule has 3 aromatic rings. The fourth-order valence-electron chi connectivity index (χ4n) is 3.39. The largest absolute Gasteiger partial charge is 0.441 e. The van der Waals surface area contributed by atoms with Crippen molar-refractivity contribution in [2.45, 2.75) is 19.4 Å². The quantitative estimate of drug-likeness (QED) is 0.637. The van der Waals surface area contributed by atoms with Crippen molar-refractivity contribution in [2.24, 2.45) is 0 Å². The van der Waals surface area contributed by atoms with E-state index < -0.39 is 5.60 Å². The number of ether oxygens (including phenoxy) is 1. The molecule has 0 fully saturated rings. The number of benzene rings is 3. The van der Waals surface area contributed by atoms with Crippen molar-refractivity contribution in [3.63, 3.8) is 0 Å². The topological polar surface area (TPSA) is 26.3 Å². The van der Waals surface area contributed by atoms with Gasteiger partial charge in [0.1, 0.15) is 0 Å². The minimum absolute atomic E-state index is 0.272. The molecule has 0 N–H and O–H groups in total. The van der Waals surface area contributed by atoms with E-state index in [2.05, 4.69) is 38.1 Å². The second-order valence-electron chi connectivity index (χ2n) is 6.35. The maximum Gasteiger partial charge on any atom is 0.340 e. The number of hydrogen-bond donors (Lipinski definition) is 0. The Hall–Kier alpha value is -2.87. The number of carbonyl (C=O) groups is 1. The van der Waals surface area contributed by atoms with E-state index in [-0.39, 0.29) is 5.97 Å². The summed E-state index contributed by atoms with van der Waals surface area (Å²) >= 11 is 0. The molecule has 0 bridgehead atoms. The molecular formula is C22H18O2. The Morgan fingerprint density at radius 1 is 0.708 bits per heavy atom. The number of esters is 1. The lowest BCUT2D eigenvalue weighted by Crippen LogP contribution is -2.29. The molecule has 0 radical (unpaired) electrons. The second kappa shape index (κ2) is 5.34. The van der Waals surface area contributed by atoms with Crippen LogP contribution in [0.15, 0.2) is 72.8 Å². The minimum atomic E-state index is -0.880. The molecule has 2 nitrogen and oxygen atoms in total. The summed E-state index contributed by atoms with van der Waals surface area (Å²) in [4.78, 5) is 12.5. The molecule has 0 spiro atoms. The van der Waals surface area contributed by atoms with E-state index in [4.69, 9.17) is 4.74 Å². The SMILES string of the molecule is Cc1ccc(C2(c3ccc(C)cc3)OC(=O)c3ccccc32)cc1. The summed E-state index contributed by atoms with van der Waals surface area (Å²) in [5.74, 6) is -0.272. The van der Waals surface area contributed by atoms with E-state index in [0.717, 1.165) is 16.7 Å². The molecule has 0 aromatic heterocycles. The average Bonchev–Trinajstić information content (AvgIpc) is 2.91. The van der Waals surface area contributed by atoms with E-state index in [1.54, 1.807) is 0 Å². The van der Waals surface area contributed by atoms with Crippen LogP contribution >= 0.6 is 0 Å². The highest BCUT2D eigenvalue weighted by Crippen LogP contribution is 2.46. The highest BCUT2D eigenvalue weighted by atomic mass is 16.6. The van der Waals surface area contributed by atoms with Gasteiger partial charge >= 0.3 is 5.97 Å². The van der Waals surface area contributed by atoms with Gasteiger partial charge in [-0.3, -0.25) is 0 Å². The molecule has 0 amide bonds. The van der Waals surface area contributed by atoms with Gasteiger partial charge < -0.3 is 4.74 Å². The van der Waals surface area contributed by atoms with Crippen molar-refractivity contribution in [2.75, 3.05) is 0 Å². The number of aryl methyl sites for hydroxylation is 2. The predicted octanol–water partition coefficient (Wildman–Crippen LogP) is 4.77. The number of hydrogen-bond acceptors (Lipinski definition) is 2. The molecule has 118 valence electrons. The summed E-state index contributed by atoms with van der Waals surface area (Å²) in [6, 6.07) is 24.1. The lowest BCUT2D eigenvalue weighted by molar-refractivity contribution is 0.0251. The first kappa shape index (κ1) is 14.7. The lowest BCUT2D eigenvalue weighted by atomic mass is 9.79. The van der Waals surface area contributed by atoms with Crippen LogP contribution in [0.4, 0.5) is 0 Å². The van der Waals surface area contributed by atoms with Crippen LogP contribution < -0.4 is 0 Å². The number of fused-ring (bicyclic) bond motifs is 1. The zero-order valence-electron chi connectivity index (χ0n) is 13.7. The number of carbonyl (C=O) groups excluding carboxylic acids is 1. The van der Waals surface area contributed by atoms with Crippen LogP contribution in [-0.2, 0) is 10.3 Å². The van der Waals surface area contributed by atoms with Gasteiger partial charge in [-0.15, -0.1) is 0 Å². The fourth-order valence-corrected chi connectivity index (χ4v) is 3.39. The van der Waals surface area contributed by atoms with Gasteiger partial charge in [0.15, 0.2) is 5.60 Å². The van der Waals surface area contributed by atoms with Gasteiger partial charge in [-0.2, -0.15) is 0 Å². The van der Waals surface area contributed by atoms with Crippen molar-refractivity contribution in [1.82, 2.24) is 0 Å². The molecule has 0 atom stereocenters. The van der Waals surface area contributed by atoms with Crippen LogP contribution in [0.1, 0.15) is 38.2 Å². The van der Waals surface area contributed by atoms with Crippen LogP contribution in [0.3, 0.4) is 0 Å². The highest BCUT2D eigenvalue weighted by molar-refractivity contribution is 5.96. The van der Waals surface area contributed by atoms with Crippen LogP contribution in [0.5, 0.6) is 0 Å².